The molecule has 0 aliphatic carbocycles. The number of hydrogen-bond donors (Lipinski definition) is 2. The summed E-state index contributed by atoms with van der Waals surface area (Å²) in [7, 11) is 1.87. The van der Waals surface area contributed by atoms with Gasteiger partial charge in [-0.1, -0.05) is 12.1 Å². The molecule has 0 amide bonds. The highest BCUT2D eigenvalue weighted by atomic mass is 15.0. The number of benzene rings is 1. The number of aromatic amines is 1. The molecule has 20 heavy (non-hydrogen) atoms. The van der Waals surface area contributed by atoms with Crippen LogP contribution in [0.25, 0.3) is 11.0 Å². The van der Waals surface area contributed by atoms with Gasteiger partial charge in [-0.25, -0.2) is 15.0 Å². The van der Waals surface area contributed by atoms with E-state index in [-0.39, 0.29) is 0 Å². The Balaban J connectivity index is 1.96. The fourth-order valence-corrected chi connectivity index (χ4v) is 2.25. The molecule has 0 bridgehead atoms. The highest BCUT2D eigenvalue weighted by molar-refractivity contribution is 5.74. The van der Waals surface area contributed by atoms with Crippen molar-refractivity contribution >= 4 is 16.9 Å². The van der Waals surface area contributed by atoms with Gasteiger partial charge in [0.25, 0.3) is 0 Å². The quantitative estimate of drug-likeness (QED) is 0.765. The smallest absolute Gasteiger partial charge is 0.138 e. The number of anilines is 1. The van der Waals surface area contributed by atoms with Crippen LogP contribution in [0.3, 0.4) is 0 Å². The van der Waals surface area contributed by atoms with E-state index in [2.05, 4.69) is 25.3 Å². The number of hydrogen-bond acceptors (Lipinski definition) is 4. The normalized spacial score (nSPS) is 10.9. The number of aromatic nitrogens is 4. The van der Waals surface area contributed by atoms with Crippen LogP contribution in [0.15, 0.2) is 24.3 Å². The zero-order valence-corrected chi connectivity index (χ0v) is 11.9. The first-order valence-electron chi connectivity index (χ1n) is 6.63. The fourth-order valence-electron chi connectivity index (χ4n) is 2.25. The van der Waals surface area contributed by atoms with Crippen LogP contribution in [0.1, 0.15) is 22.9 Å². The highest BCUT2D eigenvalue weighted by Gasteiger charge is 2.09. The Hall–Kier alpha value is -2.43. The number of H-pyrrole nitrogens is 1. The maximum atomic E-state index is 4.56. The van der Waals surface area contributed by atoms with Gasteiger partial charge in [-0.2, -0.15) is 0 Å². The number of imidazole rings is 1. The zero-order valence-electron chi connectivity index (χ0n) is 11.9. The van der Waals surface area contributed by atoms with Gasteiger partial charge in [0, 0.05) is 18.3 Å². The lowest BCUT2D eigenvalue weighted by molar-refractivity contribution is 0.893. The third kappa shape index (κ3) is 2.22. The lowest BCUT2D eigenvalue weighted by atomic mass is 10.2. The summed E-state index contributed by atoms with van der Waals surface area (Å²) in [5.41, 5.74) is 4.09. The van der Waals surface area contributed by atoms with E-state index in [0.717, 1.165) is 39.8 Å². The largest absolute Gasteiger partial charge is 0.373 e. The Labute approximate surface area is 117 Å². The van der Waals surface area contributed by atoms with Crippen molar-refractivity contribution in [3.05, 3.63) is 47.2 Å². The molecule has 0 aliphatic heterocycles. The molecule has 2 aromatic heterocycles. The molecule has 0 aliphatic rings. The molecule has 102 valence electrons. The van der Waals surface area contributed by atoms with Crippen LogP contribution in [-0.2, 0) is 6.42 Å². The Morgan fingerprint density at radius 2 is 1.90 bits per heavy atom. The number of nitrogens with one attached hydrogen (secondary N) is 2. The van der Waals surface area contributed by atoms with Gasteiger partial charge < -0.3 is 10.3 Å². The van der Waals surface area contributed by atoms with E-state index >= 15 is 0 Å². The first-order chi connectivity index (χ1) is 9.67. The van der Waals surface area contributed by atoms with Crippen LogP contribution in [0.4, 0.5) is 5.82 Å². The first kappa shape index (κ1) is 12.6. The number of rotatable bonds is 3. The predicted octanol–water partition coefficient (Wildman–Crippen LogP) is 2.60. The lowest BCUT2D eigenvalue weighted by Crippen LogP contribution is -2.06. The minimum atomic E-state index is 0.602. The molecule has 0 spiro atoms. The molecule has 0 fully saturated rings. The molecular formula is C15H17N5. The molecule has 0 radical (unpaired) electrons. The van der Waals surface area contributed by atoms with Gasteiger partial charge in [0.1, 0.15) is 17.5 Å². The molecular weight excluding hydrogens is 250 g/mol. The van der Waals surface area contributed by atoms with Crippen molar-refractivity contribution in [3.8, 4) is 0 Å². The third-order valence-electron chi connectivity index (χ3n) is 3.44. The monoisotopic (exact) mass is 267 g/mol. The van der Waals surface area contributed by atoms with Crippen LogP contribution in [0, 0.1) is 13.8 Å². The Morgan fingerprint density at radius 3 is 2.65 bits per heavy atom. The van der Waals surface area contributed by atoms with Gasteiger partial charge in [-0.05, 0) is 26.0 Å². The van der Waals surface area contributed by atoms with E-state index in [1.807, 2.05) is 45.2 Å². The predicted molar refractivity (Wildman–Crippen MR) is 80.0 cm³/mol. The number of nitrogens with zero attached hydrogens (tertiary/aromatic N) is 3. The van der Waals surface area contributed by atoms with E-state index < -0.39 is 0 Å². The molecule has 0 saturated carbocycles. The Bertz CT molecular complexity index is 727. The molecule has 3 rings (SSSR count). The summed E-state index contributed by atoms with van der Waals surface area (Å²) in [6, 6.07) is 8.00. The maximum Gasteiger partial charge on any atom is 0.138 e. The molecule has 5 nitrogen and oxygen atoms in total. The second-order valence-corrected chi connectivity index (χ2v) is 4.83. The maximum absolute atomic E-state index is 4.56. The molecule has 0 atom stereocenters. The lowest BCUT2D eigenvalue weighted by Gasteiger charge is -2.08. The van der Waals surface area contributed by atoms with Crippen molar-refractivity contribution < 1.29 is 0 Å². The van der Waals surface area contributed by atoms with Gasteiger partial charge in [0.15, 0.2) is 0 Å². The topological polar surface area (TPSA) is 66.5 Å². The second kappa shape index (κ2) is 4.92. The molecule has 5 heteroatoms. The second-order valence-electron chi connectivity index (χ2n) is 4.83. The van der Waals surface area contributed by atoms with Gasteiger partial charge in [-0.15, -0.1) is 0 Å². The summed E-state index contributed by atoms with van der Waals surface area (Å²) in [4.78, 5) is 16.9. The summed E-state index contributed by atoms with van der Waals surface area (Å²) < 4.78 is 0. The van der Waals surface area contributed by atoms with Gasteiger partial charge in [0.05, 0.1) is 17.5 Å². The molecule has 1 aromatic carbocycles. The summed E-state index contributed by atoms with van der Waals surface area (Å²) in [6.45, 7) is 4.02. The average Bonchev–Trinajstić information content (AvgIpc) is 2.84. The fraction of sp³-hybridized carbons (Fsp3) is 0.267. The van der Waals surface area contributed by atoms with Crippen molar-refractivity contribution in [3.63, 3.8) is 0 Å². The summed E-state index contributed by atoms with van der Waals surface area (Å²) in [5.74, 6) is 2.54. The van der Waals surface area contributed by atoms with Gasteiger partial charge in [0.2, 0.25) is 0 Å². The molecule has 0 unspecified atom stereocenters. The number of aryl methyl sites for hydroxylation is 1. The van der Waals surface area contributed by atoms with Crippen LogP contribution in [0.2, 0.25) is 0 Å². The molecule has 2 N–H and O–H groups in total. The Morgan fingerprint density at radius 1 is 1.10 bits per heavy atom. The van der Waals surface area contributed by atoms with Gasteiger partial charge >= 0.3 is 0 Å². The highest BCUT2D eigenvalue weighted by Crippen LogP contribution is 2.16. The molecule has 0 saturated heterocycles. The van der Waals surface area contributed by atoms with Crippen LogP contribution >= 0.6 is 0 Å². The van der Waals surface area contributed by atoms with E-state index in [4.69, 9.17) is 0 Å². The summed E-state index contributed by atoms with van der Waals surface area (Å²) >= 11 is 0. The minimum absolute atomic E-state index is 0.602. The third-order valence-corrected chi connectivity index (χ3v) is 3.44. The zero-order chi connectivity index (χ0) is 14.1. The van der Waals surface area contributed by atoms with Crippen molar-refractivity contribution in [1.82, 2.24) is 19.9 Å². The van der Waals surface area contributed by atoms with Crippen molar-refractivity contribution in [2.75, 3.05) is 12.4 Å². The van der Waals surface area contributed by atoms with Crippen molar-refractivity contribution in [2.45, 2.75) is 20.3 Å². The van der Waals surface area contributed by atoms with Gasteiger partial charge in [-0.3, -0.25) is 0 Å². The first-order valence-corrected chi connectivity index (χ1v) is 6.63. The SMILES string of the molecule is CNc1nc(Cc2nc3ccccc3[nH]2)nc(C)c1C. The number of fused-ring (bicyclic) bond motifs is 1. The molecule has 3 aromatic rings. The van der Waals surface area contributed by atoms with E-state index in [1.54, 1.807) is 0 Å². The molecule has 2 heterocycles. The summed E-state index contributed by atoms with van der Waals surface area (Å²) in [6.07, 6.45) is 0.602. The average molecular weight is 267 g/mol. The Kier molecular flexibility index (Phi) is 3.10. The van der Waals surface area contributed by atoms with E-state index in [9.17, 15) is 0 Å². The minimum Gasteiger partial charge on any atom is -0.373 e. The van der Waals surface area contributed by atoms with E-state index in [1.165, 1.54) is 0 Å². The van der Waals surface area contributed by atoms with Crippen molar-refractivity contribution in [2.24, 2.45) is 0 Å². The van der Waals surface area contributed by atoms with Crippen LogP contribution < -0.4 is 5.32 Å². The number of para-hydroxylation sites is 2. The van der Waals surface area contributed by atoms with E-state index in [0.29, 0.717) is 6.42 Å². The van der Waals surface area contributed by atoms with Crippen LogP contribution in [-0.4, -0.2) is 27.0 Å². The van der Waals surface area contributed by atoms with Crippen molar-refractivity contribution in [1.29, 1.82) is 0 Å². The standard InChI is InChI=1S/C15H17N5/c1-9-10(2)17-13(20-15(9)16-3)8-14-18-11-6-4-5-7-12(11)19-14/h4-7H,8H2,1-3H3,(H,18,19)(H,16,17,20). The summed E-state index contributed by atoms with van der Waals surface area (Å²) in [5, 5.41) is 3.11. The van der Waals surface area contributed by atoms with Crippen LogP contribution in [0.5, 0.6) is 0 Å².